The number of carbonyl (C=O) groups excluding carboxylic acids is 3. The van der Waals surface area contributed by atoms with Crippen molar-refractivity contribution in [3.63, 3.8) is 0 Å². The van der Waals surface area contributed by atoms with Gasteiger partial charge in [-0.1, -0.05) is 0 Å². The predicted octanol–water partition coefficient (Wildman–Crippen LogP) is 1.21. The second-order valence-electron chi connectivity index (χ2n) is 4.77. The van der Waals surface area contributed by atoms with E-state index in [-0.39, 0.29) is 49.8 Å². The van der Waals surface area contributed by atoms with Gasteiger partial charge in [0, 0.05) is 6.42 Å². The van der Waals surface area contributed by atoms with Crippen molar-refractivity contribution < 1.29 is 33.3 Å². The van der Waals surface area contributed by atoms with E-state index in [1.807, 2.05) is 0 Å². The molecule has 7 heteroatoms. The van der Waals surface area contributed by atoms with Crippen LogP contribution in [0, 0.1) is 0 Å². The van der Waals surface area contributed by atoms with Crippen LogP contribution in [0.4, 0.5) is 0 Å². The summed E-state index contributed by atoms with van der Waals surface area (Å²) in [6.45, 7) is 3.82. The molecule has 0 aromatic carbocycles. The van der Waals surface area contributed by atoms with Crippen molar-refractivity contribution in [2.24, 2.45) is 0 Å². The van der Waals surface area contributed by atoms with E-state index in [0.29, 0.717) is 6.42 Å². The van der Waals surface area contributed by atoms with Crippen molar-refractivity contribution >= 4 is 17.9 Å². The van der Waals surface area contributed by atoms with E-state index in [1.54, 1.807) is 13.8 Å². The third-order valence-corrected chi connectivity index (χ3v) is 3.23. The first-order valence-corrected chi connectivity index (χ1v) is 6.95. The molecule has 1 unspecified atom stereocenters. The smallest absolute Gasteiger partial charge is 0.337 e. The van der Waals surface area contributed by atoms with Gasteiger partial charge in [0.15, 0.2) is 0 Å². The Bertz CT molecular complexity index is 494. The average molecular weight is 298 g/mol. The lowest BCUT2D eigenvalue weighted by Crippen LogP contribution is -2.28. The van der Waals surface area contributed by atoms with Crippen molar-refractivity contribution in [3.05, 3.63) is 11.3 Å². The fraction of sp³-hybridized carbons (Fsp3) is 0.643. The number of hydrogen-bond acceptors (Lipinski definition) is 7. The van der Waals surface area contributed by atoms with Crippen LogP contribution in [-0.4, -0.2) is 36.9 Å². The lowest BCUT2D eigenvalue weighted by atomic mass is 10.0. The molecule has 1 saturated heterocycles. The van der Waals surface area contributed by atoms with Gasteiger partial charge in [-0.15, -0.1) is 0 Å². The van der Waals surface area contributed by atoms with Crippen molar-refractivity contribution in [1.82, 2.24) is 0 Å². The maximum absolute atomic E-state index is 12.0. The third-order valence-electron chi connectivity index (χ3n) is 3.23. The van der Waals surface area contributed by atoms with Gasteiger partial charge < -0.3 is 18.9 Å². The zero-order valence-corrected chi connectivity index (χ0v) is 12.1. The average Bonchev–Trinajstić information content (AvgIpc) is 2.94. The normalized spacial score (nSPS) is 24.0. The van der Waals surface area contributed by atoms with E-state index in [4.69, 9.17) is 18.9 Å². The molecule has 2 rings (SSSR count). The number of rotatable bonds is 5. The van der Waals surface area contributed by atoms with Crippen LogP contribution in [0.5, 0.6) is 0 Å². The van der Waals surface area contributed by atoms with Gasteiger partial charge >= 0.3 is 17.9 Å². The fourth-order valence-corrected chi connectivity index (χ4v) is 2.38. The van der Waals surface area contributed by atoms with Crippen molar-refractivity contribution in [2.75, 3.05) is 13.2 Å². The first-order valence-electron chi connectivity index (χ1n) is 6.95. The molecule has 2 aliphatic heterocycles. The molecule has 0 saturated carbocycles. The summed E-state index contributed by atoms with van der Waals surface area (Å²) < 4.78 is 20.6. The molecule has 0 N–H and O–H groups in total. The van der Waals surface area contributed by atoms with E-state index in [2.05, 4.69) is 0 Å². The Morgan fingerprint density at radius 1 is 1.19 bits per heavy atom. The molecule has 1 atom stereocenters. The van der Waals surface area contributed by atoms with Crippen molar-refractivity contribution in [1.29, 1.82) is 0 Å². The summed E-state index contributed by atoms with van der Waals surface area (Å²) in [5, 5.41) is 0. The van der Waals surface area contributed by atoms with Gasteiger partial charge in [0.2, 0.25) is 0 Å². The van der Waals surface area contributed by atoms with Crippen molar-refractivity contribution in [2.45, 2.75) is 45.3 Å². The van der Waals surface area contributed by atoms with Crippen LogP contribution in [0.25, 0.3) is 0 Å². The second kappa shape index (κ2) is 6.15. The Morgan fingerprint density at radius 2 is 1.90 bits per heavy atom. The van der Waals surface area contributed by atoms with Crippen LogP contribution in [-0.2, 0) is 33.3 Å². The monoisotopic (exact) mass is 298 g/mol. The van der Waals surface area contributed by atoms with Crippen LogP contribution in [0.1, 0.15) is 39.5 Å². The molecule has 2 aliphatic rings. The molecular formula is C14H18O7. The topological polar surface area (TPSA) is 88.1 Å². The fourth-order valence-electron chi connectivity index (χ4n) is 2.38. The molecule has 0 aliphatic carbocycles. The number of carbonyl (C=O) groups is 3. The van der Waals surface area contributed by atoms with Crippen LogP contribution < -0.4 is 0 Å². The van der Waals surface area contributed by atoms with Gasteiger partial charge in [0.25, 0.3) is 5.79 Å². The van der Waals surface area contributed by atoms with Gasteiger partial charge in [0.05, 0.1) is 31.6 Å². The molecule has 116 valence electrons. The van der Waals surface area contributed by atoms with Gasteiger partial charge in [-0.05, 0) is 13.8 Å². The van der Waals surface area contributed by atoms with E-state index >= 15 is 0 Å². The number of ether oxygens (including phenoxy) is 4. The summed E-state index contributed by atoms with van der Waals surface area (Å²) in [4.78, 5) is 34.9. The van der Waals surface area contributed by atoms with E-state index in [9.17, 15) is 14.4 Å². The lowest BCUT2D eigenvalue weighted by Gasteiger charge is -2.22. The van der Waals surface area contributed by atoms with E-state index in [1.165, 1.54) is 0 Å². The zero-order valence-electron chi connectivity index (χ0n) is 12.1. The molecule has 0 bridgehead atoms. The minimum absolute atomic E-state index is 0.103. The highest BCUT2D eigenvalue weighted by Gasteiger charge is 2.50. The van der Waals surface area contributed by atoms with Crippen LogP contribution in [0.15, 0.2) is 11.3 Å². The third kappa shape index (κ3) is 3.34. The molecule has 7 nitrogen and oxygen atoms in total. The summed E-state index contributed by atoms with van der Waals surface area (Å²) in [7, 11) is 0. The standard InChI is InChI=1S/C14H18O7/c1-3-18-12(16)7-10-9(13(17)19-4-2)8-14(20-10)6-5-11(15)21-14/h3-8H2,1-2H3. The minimum atomic E-state index is -1.17. The minimum Gasteiger partial charge on any atom is -0.466 e. The summed E-state index contributed by atoms with van der Waals surface area (Å²) in [5.74, 6) is -2.44. The Labute approximate surface area is 122 Å². The number of hydrogen-bond donors (Lipinski definition) is 0. The quantitative estimate of drug-likeness (QED) is 0.556. The largest absolute Gasteiger partial charge is 0.466 e. The Balaban J connectivity index is 2.16. The predicted molar refractivity (Wildman–Crippen MR) is 68.7 cm³/mol. The van der Waals surface area contributed by atoms with Crippen LogP contribution in [0.2, 0.25) is 0 Å². The van der Waals surface area contributed by atoms with E-state index in [0.717, 1.165) is 0 Å². The molecule has 0 radical (unpaired) electrons. The summed E-state index contributed by atoms with van der Waals surface area (Å²) in [6.07, 6.45) is 0.497. The second-order valence-corrected chi connectivity index (χ2v) is 4.77. The molecule has 0 aromatic rings. The van der Waals surface area contributed by atoms with Gasteiger partial charge in [0.1, 0.15) is 12.2 Å². The first-order chi connectivity index (χ1) is 9.99. The van der Waals surface area contributed by atoms with Gasteiger partial charge in [-0.25, -0.2) is 4.79 Å². The molecule has 1 spiro atoms. The van der Waals surface area contributed by atoms with Crippen LogP contribution in [0.3, 0.4) is 0 Å². The summed E-state index contributed by atoms with van der Waals surface area (Å²) >= 11 is 0. The zero-order chi connectivity index (χ0) is 15.5. The van der Waals surface area contributed by atoms with Crippen molar-refractivity contribution in [3.8, 4) is 0 Å². The van der Waals surface area contributed by atoms with Crippen LogP contribution >= 0.6 is 0 Å². The molecule has 21 heavy (non-hydrogen) atoms. The van der Waals surface area contributed by atoms with Gasteiger partial charge in [-0.3, -0.25) is 9.59 Å². The van der Waals surface area contributed by atoms with Gasteiger partial charge in [-0.2, -0.15) is 0 Å². The Hall–Kier alpha value is -2.05. The molecule has 2 heterocycles. The summed E-state index contributed by atoms with van der Waals surface area (Å²) in [5.41, 5.74) is 0.236. The molecule has 0 amide bonds. The maximum Gasteiger partial charge on any atom is 0.337 e. The number of esters is 3. The SMILES string of the molecule is CCOC(=O)CC1=C(C(=O)OCC)CC2(CCC(=O)O2)O1. The highest BCUT2D eigenvalue weighted by Crippen LogP contribution is 2.43. The first kappa shape index (κ1) is 15.3. The Kier molecular flexibility index (Phi) is 4.50. The maximum atomic E-state index is 12.0. The molecular weight excluding hydrogens is 280 g/mol. The Morgan fingerprint density at radius 3 is 2.48 bits per heavy atom. The van der Waals surface area contributed by atoms with E-state index < -0.39 is 17.7 Å². The highest BCUT2D eigenvalue weighted by molar-refractivity contribution is 5.91. The molecule has 1 fully saturated rings. The highest BCUT2D eigenvalue weighted by atomic mass is 16.7. The molecule has 0 aromatic heterocycles. The lowest BCUT2D eigenvalue weighted by molar-refractivity contribution is -0.188. The summed E-state index contributed by atoms with van der Waals surface area (Å²) in [6, 6.07) is 0.